The molecule has 1 aromatic carbocycles. The minimum absolute atomic E-state index is 0.148. The number of nitrogens with zero attached hydrogens (tertiary/aromatic N) is 4. The standard InChI is InChI=1S/C14H12BrClN4O2/c1-19-13-11(12(15)18-19)14(21)20(8-17-13)6-7-22-10-4-2-9(16)3-5-10/h2-5,8H,6-7H2,1H3. The molecule has 3 aromatic rings. The summed E-state index contributed by atoms with van der Waals surface area (Å²) in [5.41, 5.74) is 0.399. The Hall–Kier alpha value is -1.86. The summed E-state index contributed by atoms with van der Waals surface area (Å²) in [5, 5.41) is 5.26. The van der Waals surface area contributed by atoms with Gasteiger partial charge in [-0.2, -0.15) is 5.10 Å². The molecule has 0 aliphatic rings. The Morgan fingerprint density at radius 3 is 2.77 bits per heavy atom. The molecule has 0 unspecified atom stereocenters. The second-order valence-corrected chi connectivity index (χ2v) is 5.85. The average Bonchev–Trinajstić information content (AvgIpc) is 2.79. The van der Waals surface area contributed by atoms with Crippen molar-refractivity contribution in [3.63, 3.8) is 0 Å². The summed E-state index contributed by atoms with van der Waals surface area (Å²) in [5.74, 6) is 0.703. The van der Waals surface area contributed by atoms with Crippen molar-refractivity contribution in [3.8, 4) is 5.75 Å². The zero-order valence-corrected chi connectivity index (χ0v) is 14.0. The Labute approximate surface area is 139 Å². The van der Waals surface area contributed by atoms with Gasteiger partial charge in [-0.15, -0.1) is 0 Å². The Morgan fingerprint density at radius 1 is 1.32 bits per heavy atom. The van der Waals surface area contributed by atoms with Gasteiger partial charge in [0, 0.05) is 12.1 Å². The highest BCUT2D eigenvalue weighted by molar-refractivity contribution is 9.10. The molecular weight excluding hydrogens is 372 g/mol. The zero-order valence-electron chi connectivity index (χ0n) is 11.7. The summed E-state index contributed by atoms with van der Waals surface area (Å²) in [6.45, 7) is 0.748. The third-order valence-electron chi connectivity index (χ3n) is 3.18. The highest BCUT2D eigenvalue weighted by Gasteiger charge is 2.13. The molecule has 0 saturated heterocycles. The Balaban J connectivity index is 1.77. The number of halogens is 2. The summed E-state index contributed by atoms with van der Waals surface area (Å²) in [4.78, 5) is 16.7. The maximum Gasteiger partial charge on any atom is 0.265 e. The third kappa shape index (κ3) is 2.86. The van der Waals surface area contributed by atoms with Crippen molar-refractivity contribution in [3.05, 3.63) is 50.6 Å². The van der Waals surface area contributed by atoms with Gasteiger partial charge < -0.3 is 4.74 Å². The van der Waals surface area contributed by atoms with E-state index in [4.69, 9.17) is 16.3 Å². The number of aryl methyl sites for hydroxylation is 1. The molecule has 0 aliphatic carbocycles. The highest BCUT2D eigenvalue weighted by Crippen LogP contribution is 2.17. The van der Waals surface area contributed by atoms with E-state index < -0.39 is 0 Å². The lowest BCUT2D eigenvalue weighted by Crippen LogP contribution is -2.23. The predicted octanol–water partition coefficient (Wildman–Crippen LogP) is 2.62. The fourth-order valence-corrected chi connectivity index (χ4v) is 2.80. The molecule has 0 bridgehead atoms. The summed E-state index contributed by atoms with van der Waals surface area (Å²) in [7, 11) is 1.74. The molecule has 0 aliphatic heterocycles. The molecule has 0 N–H and O–H groups in total. The summed E-state index contributed by atoms with van der Waals surface area (Å²) < 4.78 is 9.15. The van der Waals surface area contributed by atoms with Crippen LogP contribution >= 0.6 is 27.5 Å². The first-order valence-corrected chi connectivity index (χ1v) is 7.69. The van der Waals surface area contributed by atoms with Crippen molar-refractivity contribution in [1.82, 2.24) is 19.3 Å². The predicted molar refractivity (Wildman–Crippen MR) is 87.4 cm³/mol. The fraction of sp³-hybridized carbons (Fsp3) is 0.214. The molecule has 0 fully saturated rings. The molecule has 114 valence electrons. The second-order valence-electron chi connectivity index (χ2n) is 4.66. The number of hydrogen-bond donors (Lipinski definition) is 0. The molecule has 6 nitrogen and oxygen atoms in total. The van der Waals surface area contributed by atoms with Crippen LogP contribution < -0.4 is 10.3 Å². The monoisotopic (exact) mass is 382 g/mol. The van der Waals surface area contributed by atoms with Gasteiger partial charge in [-0.3, -0.25) is 9.36 Å². The molecule has 0 amide bonds. The van der Waals surface area contributed by atoms with Crippen molar-refractivity contribution in [1.29, 1.82) is 0 Å². The smallest absolute Gasteiger partial charge is 0.265 e. The van der Waals surface area contributed by atoms with Crippen LogP contribution in [0.3, 0.4) is 0 Å². The summed E-state index contributed by atoms with van der Waals surface area (Å²) >= 11 is 9.10. The minimum Gasteiger partial charge on any atom is -0.492 e. The number of aromatic nitrogens is 4. The van der Waals surface area contributed by atoms with Crippen LogP contribution in [-0.2, 0) is 13.6 Å². The van der Waals surface area contributed by atoms with Gasteiger partial charge in [-0.05, 0) is 40.2 Å². The average molecular weight is 384 g/mol. The van der Waals surface area contributed by atoms with E-state index in [0.717, 1.165) is 0 Å². The minimum atomic E-state index is -0.148. The van der Waals surface area contributed by atoms with E-state index in [-0.39, 0.29) is 5.56 Å². The van der Waals surface area contributed by atoms with Crippen LogP contribution in [-0.4, -0.2) is 25.9 Å². The van der Waals surface area contributed by atoms with Crippen molar-refractivity contribution < 1.29 is 4.74 Å². The van der Waals surface area contributed by atoms with Crippen LogP contribution in [0.2, 0.25) is 5.02 Å². The molecule has 3 rings (SSSR count). The number of benzene rings is 1. The molecule has 22 heavy (non-hydrogen) atoms. The maximum atomic E-state index is 12.4. The van der Waals surface area contributed by atoms with Gasteiger partial charge in [0.1, 0.15) is 28.7 Å². The quantitative estimate of drug-likeness (QED) is 0.695. The fourth-order valence-electron chi connectivity index (χ4n) is 2.09. The van der Waals surface area contributed by atoms with E-state index in [1.165, 1.54) is 10.9 Å². The lowest BCUT2D eigenvalue weighted by molar-refractivity contribution is 0.296. The first-order valence-electron chi connectivity index (χ1n) is 6.52. The van der Waals surface area contributed by atoms with E-state index in [1.54, 1.807) is 36.0 Å². The van der Waals surface area contributed by atoms with Crippen LogP contribution in [0.5, 0.6) is 5.75 Å². The van der Waals surface area contributed by atoms with Gasteiger partial charge >= 0.3 is 0 Å². The Bertz CT molecular complexity index is 873. The Kier molecular flexibility index (Phi) is 4.17. The molecule has 0 atom stereocenters. The second kappa shape index (κ2) is 6.10. The van der Waals surface area contributed by atoms with Crippen LogP contribution in [0.1, 0.15) is 0 Å². The molecular formula is C14H12BrClN4O2. The first kappa shape index (κ1) is 15.1. The molecule has 8 heteroatoms. The first-order chi connectivity index (χ1) is 10.6. The third-order valence-corrected chi connectivity index (χ3v) is 3.99. The Morgan fingerprint density at radius 2 is 2.05 bits per heavy atom. The van der Waals surface area contributed by atoms with Crippen molar-refractivity contribution in [2.24, 2.45) is 7.05 Å². The topological polar surface area (TPSA) is 61.9 Å². The lowest BCUT2D eigenvalue weighted by Gasteiger charge is -2.08. The van der Waals surface area contributed by atoms with E-state index in [2.05, 4.69) is 26.0 Å². The maximum absolute atomic E-state index is 12.4. The molecule has 0 saturated carbocycles. The molecule has 2 aromatic heterocycles. The van der Waals surface area contributed by atoms with Crippen LogP contribution in [0.25, 0.3) is 11.0 Å². The molecule has 2 heterocycles. The largest absolute Gasteiger partial charge is 0.492 e. The van der Waals surface area contributed by atoms with Crippen molar-refractivity contribution >= 4 is 38.6 Å². The van der Waals surface area contributed by atoms with Crippen LogP contribution in [0.15, 0.2) is 40.0 Å². The number of hydrogen-bond acceptors (Lipinski definition) is 4. The molecule has 0 radical (unpaired) electrons. The number of fused-ring (bicyclic) bond motifs is 1. The zero-order chi connectivity index (χ0) is 15.7. The van der Waals surface area contributed by atoms with Crippen molar-refractivity contribution in [2.75, 3.05) is 6.61 Å². The van der Waals surface area contributed by atoms with E-state index >= 15 is 0 Å². The van der Waals surface area contributed by atoms with Crippen LogP contribution in [0, 0.1) is 0 Å². The summed E-state index contributed by atoms with van der Waals surface area (Å²) in [6, 6.07) is 7.07. The van der Waals surface area contributed by atoms with Gasteiger partial charge in [-0.25, -0.2) is 9.67 Å². The van der Waals surface area contributed by atoms with Gasteiger partial charge in [0.25, 0.3) is 5.56 Å². The number of rotatable bonds is 4. The van der Waals surface area contributed by atoms with E-state index in [9.17, 15) is 4.79 Å². The SMILES string of the molecule is Cn1nc(Br)c2c(=O)n(CCOc3ccc(Cl)cc3)cnc21. The van der Waals surface area contributed by atoms with Gasteiger partial charge in [-0.1, -0.05) is 11.6 Å². The van der Waals surface area contributed by atoms with Gasteiger partial charge in [0.05, 0.1) is 6.54 Å². The highest BCUT2D eigenvalue weighted by atomic mass is 79.9. The van der Waals surface area contributed by atoms with Crippen molar-refractivity contribution in [2.45, 2.75) is 6.54 Å². The normalized spacial score (nSPS) is 11.0. The van der Waals surface area contributed by atoms with Gasteiger partial charge in [0.15, 0.2) is 5.65 Å². The van der Waals surface area contributed by atoms with E-state index in [1.807, 2.05) is 0 Å². The molecule has 0 spiro atoms. The summed E-state index contributed by atoms with van der Waals surface area (Å²) in [6.07, 6.45) is 1.50. The number of ether oxygens (including phenoxy) is 1. The van der Waals surface area contributed by atoms with Gasteiger partial charge in [0.2, 0.25) is 0 Å². The van der Waals surface area contributed by atoms with E-state index in [0.29, 0.717) is 39.6 Å². The van der Waals surface area contributed by atoms with Crippen LogP contribution in [0.4, 0.5) is 0 Å². The lowest BCUT2D eigenvalue weighted by atomic mass is 10.3.